The number of rotatable bonds is 2. The average molecular weight is 274 g/mol. The zero-order valence-corrected chi connectivity index (χ0v) is 10.9. The minimum Gasteiger partial charge on any atom is -0.478 e. The third-order valence-electron chi connectivity index (χ3n) is 3.68. The number of fused-ring (bicyclic) bond motifs is 1. The normalized spacial score (nSPS) is 19.2. The van der Waals surface area contributed by atoms with Crippen molar-refractivity contribution >= 4 is 22.6 Å². The molecule has 1 saturated heterocycles. The number of benzene rings is 1. The van der Waals surface area contributed by atoms with Gasteiger partial charge < -0.3 is 10.0 Å². The Labute approximate surface area is 115 Å². The van der Waals surface area contributed by atoms with Crippen LogP contribution in [0.1, 0.15) is 23.2 Å². The SMILES string of the molecule is O=C(O)c1ccnc2ccc(N3CCCC(F)C3)cc12. The van der Waals surface area contributed by atoms with Crippen molar-refractivity contribution in [1.29, 1.82) is 0 Å². The molecule has 4 nitrogen and oxygen atoms in total. The predicted molar refractivity (Wildman–Crippen MR) is 75.0 cm³/mol. The monoisotopic (exact) mass is 274 g/mol. The molecule has 0 aliphatic carbocycles. The molecule has 2 aromatic rings. The topological polar surface area (TPSA) is 53.4 Å². The van der Waals surface area contributed by atoms with Gasteiger partial charge in [-0.3, -0.25) is 4.98 Å². The fraction of sp³-hybridized carbons (Fsp3) is 0.333. The smallest absolute Gasteiger partial charge is 0.336 e. The molecule has 0 radical (unpaired) electrons. The van der Waals surface area contributed by atoms with Crippen LogP contribution in [-0.4, -0.2) is 35.3 Å². The second-order valence-corrected chi connectivity index (χ2v) is 5.05. The lowest BCUT2D eigenvalue weighted by atomic mass is 10.1. The van der Waals surface area contributed by atoms with Crippen LogP contribution < -0.4 is 4.90 Å². The van der Waals surface area contributed by atoms with Gasteiger partial charge in [0.2, 0.25) is 0 Å². The highest BCUT2D eigenvalue weighted by Crippen LogP contribution is 2.26. The number of piperidine rings is 1. The van der Waals surface area contributed by atoms with Crippen molar-refractivity contribution in [3.8, 4) is 0 Å². The van der Waals surface area contributed by atoms with Crippen LogP contribution >= 0.6 is 0 Å². The molecule has 0 amide bonds. The van der Waals surface area contributed by atoms with Crippen molar-refractivity contribution in [1.82, 2.24) is 4.98 Å². The van der Waals surface area contributed by atoms with Crippen LogP contribution in [0, 0.1) is 0 Å². The Balaban J connectivity index is 2.05. The van der Waals surface area contributed by atoms with E-state index in [-0.39, 0.29) is 5.56 Å². The van der Waals surface area contributed by atoms with Crippen molar-refractivity contribution in [3.05, 3.63) is 36.0 Å². The molecule has 1 aliphatic heterocycles. The van der Waals surface area contributed by atoms with Gasteiger partial charge in [0.1, 0.15) is 6.17 Å². The first-order valence-electron chi connectivity index (χ1n) is 6.66. The summed E-state index contributed by atoms with van der Waals surface area (Å²) in [7, 11) is 0. The van der Waals surface area contributed by atoms with E-state index in [1.165, 1.54) is 12.3 Å². The summed E-state index contributed by atoms with van der Waals surface area (Å²) in [6.07, 6.45) is 2.10. The largest absolute Gasteiger partial charge is 0.478 e. The maximum atomic E-state index is 13.5. The van der Waals surface area contributed by atoms with E-state index < -0.39 is 12.1 Å². The van der Waals surface area contributed by atoms with Gasteiger partial charge in [0, 0.05) is 30.4 Å². The molecular formula is C15H15FN2O2. The molecule has 1 aromatic heterocycles. The molecule has 5 heteroatoms. The number of carboxylic acids is 1. The number of hydrogen-bond donors (Lipinski definition) is 1. The first kappa shape index (κ1) is 12.8. The van der Waals surface area contributed by atoms with Gasteiger partial charge >= 0.3 is 5.97 Å². The van der Waals surface area contributed by atoms with E-state index in [1.807, 2.05) is 11.0 Å². The van der Waals surface area contributed by atoms with Gasteiger partial charge in [-0.05, 0) is 37.1 Å². The van der Waals surface area contributed by atoms with Gasteiger partial charge in [-0.25, -0.2) is 9.18 Å². The Morgan fingerprint density at radius 1 is 1.40 bits per heavy atom. The molecule has 0 spiro atoms. The molecule has 1 aromatic carbocycles. The second kappa shape index (κ2) is 5.07. The first-order valence-corrected chi connectivity index (χ1v) is 6.66. The number of halogens is 1. The molecule has 1 unspecified atom stereocenters. The Morgan fingerprint density at radius 2 is 2.25 bits per heavy atom. The third-order valence-corrected chi connectivity index (χ3v) is 3.68. The lowest BCUT2D eigenvalue weighted by molar-refractivity contribution is 0.0699. The van der Waals surface area contributed by atoms with E-state index >= 15 is 0 Å². The van der Waals surface area contributed by atoms with Gasteiger partial charge in [-0.1, -0.05) is 0 Å². The maximum absolute atomic E-state index is 13.5. The fourth-order valence-electron chi connectivity index (χ4n) is 2.68. The molecule has 0 bridgehead atoms. The number of hydrogen-bond acceptors (Lipinski definition) is 3. The van der Waals surface area contributed by atoms with Crippen LogP contribution in [0.5, 0.6) is 0 Å². The molecule has 1 atom stereocenters. The number of anilines is 1. The van der Waals surface area contributed by atoms with Crippen LogP contribution in [0.25, 0.3) is 10.9 Å². The Kier molecular flexibility index (Phi) is 3.26. The molecule has 0 saturated carbocycles. The zero-order valence-electron chi connectivity index (χ0n) is 10.9. The van der Waals surface area contributed by atoms with E-state index in [4.69, 9.17) is 0 Å². The van der Waals surface area contributed by atoms with Crippen LogP contribution in [0.15, 0.2) is 30.5 Å². The van der Waals surface area contributed by atoms with Crippen molar-refractivity contribution in [2.24, 2.45) is 0 Å². The van der Waals surface area contributed by atoms with Gasteiger partial charge in [-0.15, -0.1) is 0 Å². The molecular weight excluding hydrogens is 259 g/mol. The Morgan fingerprint density at radius 3 is 3.00 bits per heavy atom. The highest BCUT2D eigenvalue weighted by Gasteiger charge is 2.20. The average Bonchev–Trinajstić information content (AvgIpc) is 2.46. The molecule has 1 fully saturated rings. The molecule has 3 rings (SSSR count). The van der Waals surface area contributed by atoms with Crippen molar-refractivity contribution in [2.75, 3.05) is 18.0 Å². The quantitative estimate of drug-likeness (QED) is 0.915. The Bertz CT molecular complexity index is 659. The van der Waals surface area contributed by atoms with Crippen molar-refractivity contribution < 1.29 is 14.3 Å². The number of aromatic nitrogens is 1. The highest BCUT2D eigenvalue weighted by atomic mass is 19.1. The maximum Gasteiger partial charge on any atom is 0.336 e. The van der Waals surface area contributed by atoms with Gasteiger partial charge in [0.25, 0.3) is 0 Å². The summed E-state index contributed by atoms with van der Waals surface area (Å²) in [5.41, 5.74) is 1.73. The number of alkyl halides is 1. The van der Waals surface area contributed by atoms with Crippen LogP contribution in [0.4, 0.5) is 10.1 Å². The summed E-state index contributed by atoms with van der Waals surface area (Å²) in [5, 5.41) is 9.82. The van der Waals surface area contributed by atoms with E-state index in [9.17, 15) is 14.3 Å². The van der Waals surface area contributed by atoms with Crippen LogP contribution in [0.2, 0.25) is 0 Å². The lowest BCUT2D eigenvalue weighted by Crippen LogP contribution is -2.36. The summed E-state index contributed by atoms with van der Waals surface area (Å²) in [6.45, 7) is 1.17. The minimum absolute atomic E-state index is 0.227. The first-order chi connectivity index (χ1) is 9.65. The molecule has 1 aliphatic rings. The van der Waals surface area contributed by atoms with Crippen molar-refractivity contribution in [2.45, 2.75) is 19.0 Å². The molecule has 104 valence electrons. The van der Waals surface area contributed by atoms with E-state index in [0.717, 1.165) is 18.7 Å². The standard InChI is InChI=1S/C15H15FN2O2/c16-10-2-1-7-18(9-10)11-3-4-14-13(8-11)12(15(19)20)5-6-17-14/h3-6,8,10H,1-2,7,9H2,(H,19,20). The second-order valence-electron chi connectivity index (χ2n) is 5.05. The fourth-order valence-corrected chi connectivity index (χ4v) is 2.68. The Hall–Kier alpha value is -2.17. The summed E-state index contributed by atoms with van der Waals surface area (Å²) in [4.78, 5) is 17.4. The summed E-state index contributed by atoms with van der Waals surface area (Å²) in [5.74, 6) is -0.975. The lowest BCUT2D eigenvalue weighted by Gasteiger charge is -2.31. The van der Waals surface area contributed by atoms with Crippen LogP contribution in [-0.2, 0) is 0 Å². The zero-order chi connectivity index (χ0) is 14.1. The number of carboxylic acid groups (broad SMARTS) is 1. The molecule has 20 heavy (non-hydrogen) atoms. The van der Waals surface area contributed by atoms with Gasteiger partial charge in [-0.2, -0.15) is 0 Å². The summed E-state index contributed by atoms with van der Waals surface area (Å²) in [6, 6.07) is 6.95. The summed E-state index contributed by atoms with van der Waals surface area (Å²) < 4.78 is 13.5. The predicted octanol–water partition coefficient (Wildman–Crippen LogP) is 2.87. The van der Waals surface area contributed by atoms with Gasteiger partial charge in [0.15, 0.2) is 0 Å². The molecule has 2 heterocycles. The minimum atomic E-state index is -0.975. The van der Waals surface area contributed by atoms with Crippen molar-refractivity contribution in [3.63, 3.8) is 0 Å². The number of nitrogens with zero attached hydrogens (tertiary/aromatic N) is 2. The highest BCUT2D eigenvalue weighted by molar-refractivity contribution is 6.03. The number of aromatic carboxylic acids is 1. The van der Waals surface area contributed by atoms with E-state index in [0.29, 0.717) is 23.9 Å². The van der Waals surface area contributed by atoms with E-state index in [1.54, 1.807) is 12.1 Å². The summed E-state index contributed by atoms with van der Waals surface area (Å²) >= 11 is 0. The third kappa shape index (κ3) is 2.31. The molecule has 1 N–H and O–H groups in total. The number of carbonyl (C=O) groups is 1. The number of pyridine rings is 1. The van der Waals surface area contributed by atoms with Gasteiger partial charge in [0.05, 0.1) is 11.1 Å². The van der Waals surface area contributed by atoms with E-state index in [2.05, 4.69) is 4.98 Å². The van der Waals surface area contributed by atoms with Crippen LogP contribution in [0.3, 0.4) is 0 Å².